The van der Waals surface area contributed by atoms with Gasteiger partial charge in [0.25, 0.3) is 0 Å². The molecule has 0 fully saturated rings. The maximum Gasteiger partial charge on any atom is 0.220 e. The van der Waals surface area contributed by atoms with Crippen LogP contribution in [0.5, 0.6) is 0 Å². The topological polar surface area (TPSA) is 53.2 Å². The van der Waals surface area contributed by atoms with Gasteiger partial charge in [0.2, 0.25) is 5.78 Å². The highest BCUT2D eigenvalue weighted by Crippen LogP contribution is 2.35. The van der Waals surface area contributed by atoms with Crippen molar-refractivity contribution in [3.8, 4) is 33.6 Å². The van der Waals surface area contributed by atoms with Gasteiger partial charge in [-0.2, -0.15) is 0 Å². The first-order chi connectivity index (χ1) is 31.5. The van der Waals surface area contributed by atoms with Crippen LogP contribution in [0, 0.1) is 12.8 Å². The fourth-order valence-corrected chi connectivity index (χ4v) is 8.88. The molecule has 6 heteroatoms. The molecule has 0 aliphatic heterocycles. The lowest BCUT2D eigenvalue weighted by molar-refractivity contribution is 0.667. The van der Waals surface area contributed by atoms with Crippen molar-refractivity contribution in [3.63, 3.8) is 0 Å². The molecule has 12 aromatic rings. The molecule has 0 saturated carbocycles. The highest BCUT2D eigenvalue weighted by molar-refractivity contribution is 6.06. The highest BCUT2D eigenvalue weighted by Gasteiger charge is 2.18. The van der Waals surface area contributed by atoms with Crippen molar-refractivity contribution in [2.75, 3.05) is 0 Å². The van der Waals surface area contributed by atoms with Gasteiger partial charge in [0.05, 0.1) is 33.8 Å². The lowest BCUT2D eigenvalue weighted by Crippen LogP contribution is -1.98. The number of imidazole rings is 2. The molecule has 0 unspecified atom stereocenters. The average molecular weight is 832 g/mol. The zero-order valence-electron chi connectivity index (χ0n) is 36.8. The molecule has 0 N–H and O–H groups in total. The summed E-state index contributed by atoms with van der Waals surface area (Å²) in [5, 5.41) is 3.49. The van der Waals surface area contributed by atoms with Crippen LogP contribution in [0.1, 0.15) is 39.0 Å². The Morgan fingerprint density at radius 3 is 1.91 bits per heavy atom. The van der Waals surface area contributed by atoms with Crippen molar-refractivity contribution in [2.24, 2.45) is 5.92 Å². The van der Waals surface area contributed by atoms with Gasteiger partial charge in [0.15, 0.2) is 5.58 Å². The van der Waals surface area contributed by atoms with E-state index >= 15 is 0 Å². The molecule has 7 aromatic carbocycles. The second-order valence-electron chi connectivity index (χ2n) is 16.2. The Morgan fingerprint density at radius 2 is 1.14 bits per heavy atom. The number of hydrogen-bond donors (Lipinski definition) is 0. The molecular weight excluding hydrogens is 783 g/mol. The minimum Gasteiger partial charge on any atom is -0.454 e. The van der Waals surface area contributed by atoms with Crippen LogP contribution in [0.2, 0.25) is 0 Å². The monoisotopic (exact) mass is 831 g/mol. The summed E-state index contributed by atoms with van der Waals surface area (Å²) < 4.78 is 12.8. The number of aryl methyl sites for hydroxylation is 1. The summed E-state index contributed by atoms with van der Waals surface area (Å²) >= 11 is 0. The number of rotatable bonds is 6. The number of allylic oxidation sites excluding steroid dienone is 1. The normalized spacial score (nSPS) is 11.6. The van der Waals surface area contributed by atoms with Crippen molar-refractivity contribution in [1.82, 2.24) is 23.5 Å². The van der Waals surface area contributed by atoms with Crippen LogP contribution >= 0.6 is 0 Å². The Balaban J connectivity index is 0.000000151. The second-order valence-corrected chi connectivity index (χ2v) is 16.2. The average Bonchev–Trinajstić information content (AvgIpc) is 4.09. The van der Waals surface area contributed by atoms with E-state index in [1.807, 2.05) is 38.2 Å². The molecule has 0 aliphatic rings. The van der Waals surface area contributed by atoms with Crippen LogP contribution in [-0.2, 0) is 0 Å². The third-order valence-corrected chi connectivity index (χ3v) is 11.8. The fourth-order valence-electron chi connectivity index (χ4n) is 8.88. The number of hydrogen-bond acceptors (Lipinski definition) is 3. The molecule has 0 amide bonds. The summed E-state index contributed by atoms with van der Waals surface area (Å²) in [6.45, 7) is 10.7. The number of furan rings is 1. The predicted octanol–water partition coefficient (Wildman–Crippen LogP) is 15.7. The van der Waals surface area contributed by atoms with Gasteiger partial charge in [-0.1, -0.05) is 137 Å². The van der Waals surface area contributed by atoms with Gasteiger partial charge >= 0.3 is 0 Å². The van der Waals surface area contributed by atoms with Crippen molar-refractivity contribution >= 4 is 66.8 Å². The largest absolute Gasteiger partial charge is 0.454 e. The Hall–Kier alpha value is -7.96. The van der Waals surface area contributed by atoms with Crippen molar-refractivity contribution in [3.05, 3.63) is 206 Å². The van der Waals surface area contributed by atoms with Crippen LogP contribution < -0.4 is 0 Å². The summed E-state index contributed by atoms with van der Waals surface area (Å²) in [5.74, 6) is 1.43. The molecular formula is C58H49N5O. The Morgan fingerprint density at radius 1 is 0.516 bits per heavy atom. The highest BCUT2D eigenvalue weighted by atomic mass is 16.3. The lowest BCUT2D eigenvalue weighted by atomic mass is 10.0. The molecule has 6 nitrogen and oxygen atoms in total. The Kier molecular flexibility index (Phi) is 10.7. The molecule has 5 aromatic heterocycles. The number of benzene rings is 7. The van der Waals surface area contributed by atoms with Gasteiger partial charge in [-0.15, -0.1) is 0 Å². The van der Waals surface area contributed by atoms with E-state index in [9.17, 15) is 0 Å². The molecule has 312 valence electrons. The molecule has 0 atom stereocenters. The Labute approximate surface area is 373 Å². The van der Waals surface area contributed by atoms with Crippen LogP contribution in [0.25, 0.3) is 100 Å². The van der Waals surface area contributed by atoms with E-state index in [0.717, 1.165) is 66.6 Å². The minimum atomic E-state index is 0.520. The third kappa shape index (κ3) is 7.13. The van der Waals surface area contributed by atoms with Gasteiger partial charge in [-0.25, -0.2) is 4.98 Å². The summed E-state index contributed by atoms with van der Waals surface area (Å²) in [5.41, 5.74) is 16.9. The number of aromatic nitrogens is 5. The van der Waals surface area contributed by atoms with Crippen LogP contribution in [0.4, 0.5) is 0 Å². The van der Waals surface area contributed by atoms with Crippen molar-refractivity contribution in [1.29, 1.82) is 0 Å². The number of fused-ring (bicyclic) bond motifs is 9. The quantitative estimate of drug-likeness (QED) is 0.168. The summed E-state index contributed by atoms with van der Waals surface area (Å²) in [4.78, 5) is 9.20. The van der Waals surface area contributed by atoms with E-state index in [1.54, 1.807) is 6.20 Å². The van der Waals surface area contributed by atoms with Crippen molar-refractivity contribution < 1.29 is 4.42 Å². The number of nitrogens with zero attached hydrogens (tertiary/aromatic N) is 5. The van der Waals surface area contributed by atoms with Gasteiger partial charge in [-0.05, 0) is 120 Å². The second kappa shape index (κ2) is 17.1. The molecule has 5 heterocycles. The standard InChI is InChI=1S/C30H18N4O.C26H25N.C2H6/c1-2-9-25-24(8-1)32-30-33(26-10-3-4-11-27(26)34(25)30)21-7-5-6-19(16-21)20-12-13-28-23(17-20)22-14-15-31-18-29(22)35-28;1-19(2)16-17-25-20(3)24-14-7-8-15-26(24)27(25)23-13-9-12-22(18-23)21-10-5-4-6-11-21;1-2/h1-18H;4-19H,1-3H3;1-2H3/b;17-16-;. The van der Waals surface area contributed by atoms with Gasteiger partial charge < -0.3 is 8.98 Å². The van der Waals surface area contributed by atoms with Crippen LogP contribution in [-0.4, -0.2) is 23.5 Å². The zero-order valence-corrected chi connectivity index (χ0v) is 36.8. The SMILES string of the molecule is CC.Cc1c(/C=C\C(C)C)n(-c2cccc(-c3ccccc3)c2)c2ccccc12.c1cc(-c2ccc3oc4cnccc4c3c2)cc(-n2c3ccccc3n3c4ccccc4nc23)c1. The first-order valence-electron chi connectivity index (χ1n) is 22.2. The maximum absolute atomic E-state index is 5.97. The molecule has 0 bridgehead atoms. The third-order valence-electron chi connectivity index (χ3n) is 11.8. The van der Waals surface area contributed by atoms with Gasteiger partial charge in [0, 0.05) is 39.4 Å². The molecule has 64 heavy (non-hydrogen) atoms. The van der Waals surface area contributed by atoms with E-state index in [-0.39, 0.29) is 0 Å². The van der Waals surface area contributed by atoms with Gasteiger partial charge in [0.1, 0.15) is 5.58 Å². The van der Waals surface area contributed by atoms with Crippen LogP contribution in [0.15, 0.2) is 199 Å². The summed E-state index contributed by atoms with van der Waals surface area (Å²) in [6.07, 6.45) is 8.13. The molecule has 0 aliphatic carbocycles. The van der Waals surface area contributed by atoms with E-state index in [4.69, 9.17) is 9.40 Å². The molecule has 0 spiro atoms. The zero-order chi connectivity index (χ0) is 43.7. The maximum atomic E-state index is 5.97. The number of para-hydroxylation sites is 5. The van der Waals surface area contributed by atoms with E-state index in [1.165, 1.54) is 39.0 Å². The van der Waals surface area contributed by atoms with Crippen molar-refractivity contribution in [2.45, 2.75) is 34.6 Å². The number of pyridine rings is 1. The Bertz CT molecular complexity index is 3640. The molecule has 0 saturated heterocycles. The first-order valence-corrected chi connectivity index (χ1v) is 22.2. The smallest absolute Gasteiger partial charge is 0.220 e. The van der Waals surface area contributed by atoms with E-state index in [0.29, 0.717) is 5.92 Å². The summed E-state index contributed by atoms with van der Waals surface area (Å²) in [7, 11) is 0. The lowest BCUT2D eigenvalue weighted by Gasteiger charge is -2.12. The predicted molar refractivity (Wildman–Crippen MR) is 269 cm³/mol. The fraction of sp³-hybridized carbons (Fsp3) is 0.103. The van der Waals surface area contributed by atoms with E-state index < -0.39 is 0 Å². The van der Waals surface area contributed by atoms with Gasteiger partial charge in [-0.3, -0.25) is 14.0 Å². The summed E-state index contributed by atoms with van der Waals surface area (Å²) in [6, 6.07) is 61.8. The van der Waals surface area contributed by atoms with Crippen LogP contribution in [0.3, 0.4) is 0 Å². The molecule has 12 rings (SSSR count). The first kappa shape index (κ1) is 40.1. The minimum absolute atomic E-state index is 0.520. The molecule has 0 radical (unpaired) electrons. The van der Waals surface area contributed by atoms with E-state index in [2.05, 4.69) is 209 Å².